The molecule has 0 bridgehead atoms. The highest BCUT2D eigenvalue weighted by atomic mass is 32.2. The number of nitrogens with zero attached hydrogens (tertiary/aromatic N) is 3. The summed E-state index contributed by atoms with van der Waals surface area (Å²) in [6.45, 7) is 5.66. The predicted octanol–water partition coefficient (Wildman–Crippen LogP) is 3.47. The first-order valence-corrected chi connectivity index (χ1v) is 13.5. The summed E-state index contributed by atoms with van der Waals surface area (Å²) in [5, 5.41) is 2.88. The van der Waals surface area contributed by atoms with Gasteiger partial charge in [0.1, 0.15) is 18.4 Å². The zero-order chi connectivity index (χ0) is 26.9. The molecule has 0 saturated heterocycles. The molecule has 0 spiro atoms. The standard InChI is InChI=1S/C26H37FN4O4S/c1-6-8-16-28-26(33)23(7-2)30(18-21-13-11-12-20(3)17-21)25(32)19-31(36(34,35)29(4)5)24-15-10-9-14-22(24)27/h9-15,17,23H,6-8,16,18-19H2,1-5H3,(H,28,33). The van der Waals surface area contributed by atoms with Gasteiger partial charge in [-0.25, -0.2) is 8.70 Å². The van der Waals surface area contributed by atoms with Crippen LogP contribution in [0.5, 0.6) is 0 Å². The van der Waals surface area contributed by atoms with E-state index in [1.807, 2.05) is 38.1 Å². The van der Waals surface area contributed by atoms with Gasteiger partial charge in [0.15, 0.2) is 0 Å². The number of rotatable bonds is 13. The molecule has 0 fully saturated rings. The maximum absolute atomic E-state index is 14.7. The molecule has 1 unspecified atom stereocenters. The molecule has 0 aliphatic rings. The molecule has 2 aromatic rings. The molecule has 10 heteroatoms. The number of hydrogen-bond acceptors (Lipinski definition) is 4. The second-order valence-electron chi connectivity index (χ2n) is 8.83. The van der Waals surface area contributed by atoms with Crippen LogP contribution < -0.4 is 9.62 Å². The molecule has 0 radical (unpaired) electrons. The van der Waals surface area contributed by atoms with Crippen molar-refractivity contribution in [2.24, 2.45) is 0 Å². The molecule has 0 saturated carbocycles. The van der Waals surface area contributed by atoms with Crippen LogP contribution in [0.25, 0.3) is 0 Å². The van der Waals surface area contributed by atoms with Crippen molar-refractivity contribution in [3.63, 3.8) is 0 Å². The number of para-hydroxylation sites is 1. The van der Waals surface area contributed by atoms with Gasteiger partial charge in [0.25, 0.3) is 0 Å². The van der Waals surface area contributed by atoms with Gasteiger partial charge >= 0.3 is 10.2 Å². The maximum Gasteiger partial charge on any atom is 0.304 e. The molecule has 1 atom stereocenters. The quantitative estimate of drug-likeness (QED) is 0.410. The summed E-state index contributed by atoms with van der Waals surface area (Å²) >= 11 is 0. The van der Waals surface area contributed by atoms with Gasteiger partial charge in [-0.1, -0.05) is 62.2 Å². The van der Waals surface area contributed by atoms with Crippen LogP contribution in [0.15, 0.2) is 48.5 Å². The Hall–Kier alpha value is -2.98. The number of aryl methyl sites for hydroxylation is 1. The average Bonchev–Trinajstić information content (AvgIpc) is 2.83. The summed E-state index contributed by atoms with van der Waals surface area (Å²) in [6, 6.07) is 12.1. The summed E-state index contributed by atoms with van der Waals surface area (Å²) in [6.07, 6.45) is 2.04. The molecule has 2 amide bonds. The molecule has 0 aliphatic heterocycles. The van der Waals surface area contributed by atoms with Gasteiger partial charge in [-0.15, -0.1) is 0 Å². The van der Waals surface area contributed by atoms with Crippen molar-refractivity contribution in [3.05, 3.63) is 65.5 Å². The molecule has 198 valence electrons. The van der Waals surface area contributed by atoms with Crippen molar-refractivity contribution in [2.75, 3.05) is 31.5 Å². The normalized spacial score (nSPS) is 12.3. The fourth-order valence-corrected chi connectivity index (χ4v) is 4.85. The minimum atomic E-state index is -4.21. The third kappa shape index (κ3) is 7.51. The second kappa shape index (κ2) is 13.4. The summed E-state index contributed by atoms with van der Waals surface area (Å²) < 4.78 is 42.6. The summed E-state index contributed by atoms with van der Waals surface area (Å²) in [5.74, 6) is -1.69. The lowest BCUT2D eigenvalue weighted by atomic mass is 10.1. The van der Waals surface area contributed by atoms with Crippen molar-refractivity contribution < 1.29 is 22.4 Å². The van der Waals surface area contributed by atoms with E-state index < -0.39 is 34.5 Å². The van der Waals surface area contributed by atoms with E-state index in [4.69, 9.17) is 0 Å². The Balaban J connectivity index is 2.48. The van der Waals surface area contributed by atoms with Gasteiger partial charge in [0, 0.05) is 27.2 Å². The minimum Gasteiger partial charge on any atom is -0.354 e. The first-order valence-electron chi connectivity index (χ1n) is 12.1. The largest absolute Gasteiger partial charge is 0.354 e. The third-order valence-electron chi connectivity index (χ3n) is 5.79. The first-order chi connectivity index (χ1) is 17.0. The molecular weight excluding hydrogens is 483 g/mol. The molecular formula is C26H37FN4O4S. The zero-order valence-electron chi connectivity index (χ0n) is 21.7. The van der Waals surface area contributed by atoms with Crippen LogP contribution >= 0.6 is 0 Å². The molecule has 0 aliphatic carbocycles. The lowest BCUT2D eigenvalue weighted by Gasteiger charge is -2.34. The van der Waals surface area contributed by atoms with E-state index in [0.717, 1.165) is 38.6 Å². The number of hydrogen-bond donors (Lipinski definition) is 1. The maximum atomic E-state index is 14.7. The summed E-state index contributed by atoms with van der Waals surface area (Å²) in [4.78, 5) is 28.2. The van der Waals surface area contributed by atoms with E-state index in [9.17, 15) is 22.4 Å². The molecule has 1 N–H and O–H groups in total. The number of carbonyl (C=O) groups excluding carboxylic acids is 2. The number of anilines is 1. The molecule has 8 nitrogen and oxygen atoms in total. The number of nitrogens with one attached hydrogen (secondary N) is 1. The molecule has 0 heterocycles. The lowest BCUT2D eigenvalue weighted by Crippen LogP contribution is -2.53. The van der Waals surface area contributed by atoms with Gasteiger partial charge in [-0.3, -0.25) is 9.59 Å². The lowest BCUT2D eigenvalue weighted by molar-refractivity contribution is -0.140. The highest BCUT2D eigenvalue weighted by molar-refractivity contribution is 7.90. The smallest absolute Gasteiger partial charge is 0.304 e. The van der Waals surface area contributed by atoms with Gasteiger partial charge in [0.2, 0.25) is 11.8 Å². The van der Waals surface area contributed by atoms with Gasteiger partial charge in [0.05, 0.1) is 5.69 Å². The molecule has 36 heavy (non-hydrogen) atoms. The van der Waals surface area contributed by atoms with Gasteiger partial charge in [-0.05, 0) is 37.5 Å². The van der Waals surface area contributed by atoms with Crippen LogP contribution in [0.2, 0.25) is 0 Å². The fourth-order valence-electron chi connectivity index (χ4n) is 3.79. The Kier molecular flexibility index (Phi) is 10.9. The van der Waals surface area contributed by atoms with Gasteiger partial charge < -0.3 is 10.2 Å². The van der Waals surface area contributed by atoms with Crippen molar-refractivity contribution >= 4 is 27.7 Å². The van der Waals surface area contributed by atoms with Crippen LogP contribution in [0.3, 0.4) is 0 Å². The van der Waals surface area contributed by atoms with Crippen LogP contribution in [0, 0.1) is 12.7 Å². The van der Waals surface area contributed by atoms with E-state index in [2.05, 4.69) is 5.32 Å². The number of benzene rings is 2. The average molecular weight is 521 g/mol. The zero-order valence-corrected chi connectivity index (χ0v) is 22.5. The van der Waals surface area contributed by atoms with Crippen molar-refractivity contribution in [2.45, 2.75) is 52.6 Å². The predicted molar refractivity (Wildman–Crippen MR) is 140 cm³/mol. The van der Waals surface area contributed by atoms with Crippen molar-refractivity contribution in [3.8, 4) is 0 Å². The number of unbranched alkanes of at least 4 members (excludes halogenated alkanes) is 1. The van der Waals surface area contributed by atoms with Crippen LogP contribution in [0.4, 0.5) is 10.1 Å². The number of halogens is 1. The summed E-state index contributed by atoms with van der Waals surface area (Å²) in [5.41, 5.74) is 1.55. The van der Waals surface area contributed by atoms with Crippen molar-refractivity contribution in [1.82, 2.24) is 14.5 Å². The Labute approximate surface area is 214 Å². The monoisotopic (exact) mass is 520 g/mol. The minimum absolute atomic E-state index is 0.105. The third-order valence-corrected chi connectivity index (χ3v) is 7.60. The number of amides is 2. The van der Waals surface area contributed by atoms with Crippen molar-refractivity contribution in [1.29, 1.82) is 0 Å². The Bertz CT molecular complexity index is 1140. The van der Waals surface area contributed by atoms with Crippen LogP contribution in [0.1, 0.15) is 44.2 Å². The van der Waals surface area contributed by atoms with Crippen LogP contribution in [-0.4, -0.2) is 62.7 Å². The first kappa shape index (κ1) is 29.3. The summed E-state index contributed by atoms with van der Waals surface area (Å²) in [7, 11) is -1.59. The van der Waals surface area contributed by atoms with E-state index in [1.165, 1.54) is 37.2 Å². The Morgan fingerprint density at radius 1 is 1.06 bits per heavy atom. The molecule has 0 aromatic heterocycles. The highest BCUT2D eigenvalue weighted by Crippen LogP contribution is 2.24. The Morgan fingerprint density at radius 3 is 2.33 bits per heavy atom. The van der Waals surface area contributed by atoms with Gasteiger partial charge in [-0.2, -0.15) is 12.7 Å². The number of carbonyl (C=O) groups is 2. The highest BCUT2D eigenvalue weighted by Gasteiger charge is 2.34. The molecule has 2 rings (SSSR count). The van der Waals surface area contributed by atoms with E-state index in [0.29, 0.717) is 13.0 Å². The second-order valence-corrected chi connectivity index (χ2v) is 10.9. The molecule has 2 aromatic carbocycles. The van der Waals surface area contributed by atoms with E-state index in [1.54, 1.807) is 6.92 Å². The fraction of sp³-hybridized carbons (Fsp3) is 0.462. The Morgan fingerprint density at radius 2 is 1.75 bits per heavy atom. The van der Waals surface area contributed by atoms with E-state index >= 15 is 0 Å². The topological polar surface area (TPSA) is 90.0 Å². The van der Waals surface area contributed by atoms with E-state index in [-0.39, 0.29) is 18.1 Å². The van der Waals surface area contributed by atoms with Crippen LogP contribution in [-0.2, 0) is 26.3 Å². The SMILES string of the molecule is CCCCNC(=O)C(CC)N(Cc1cccc(C)c1)C(=O)CN(c1ccccc1F)S(=O)(=O)N(C)C.